The summed E-state index contributed by atoms with van der Waals surface area (Å²) in [5.41, 5.74) is 5.70. The molecule has 21 heavy (non-hydrogen) atoms. The molecule has 1 aromatic carbocycles. The normalized spacial score (nSPS) is 11.2. The number of nitrogens with one attached hydrogen (secondary N) is 1. The van der Waals surface area contributed by atoms with Crippen molar-refractivity contribution in [2.75, 3.05) is 11.1 Å². The van der Waals surface area contributed by atoms with E-state index in [0.717, 1.165) is 0 Å². The summed E-state index contributed by atoms with van der Waals surface area (Å²) in [7, 11) is 0. The second kappa shape index (κ2) is 5.43. The van der Waals surface area contributed by atoms with Crippen LogP contribution in [0.2, 0.25) is 0 Å². The first kappa shape index (κ1) is 14.8. The number of benzene rings is 1. The molecule has 3 N–H and O–H groups in total. The number of carbonyl (C=O) groups excluding carboxylic acids is 1. The molecule has 112 valence electrons. The van der Waals surface area contributed by atoms with Crippen LogP contribution in [0.4, 0.5) is 20.6 Å². The molecular weight excluding hydrogens is 277 g/mol. The number of ether oxygens (including phenoxy) is 1. The van der Waals surface area contributed by atoms with Crippen molar-refractivity contribution in [3.63, 3.8) is 0 Å². The van der Waals surface area contributed by atoms with Crippen molar-refractivity contribution in [3.05, 3.63) is 30.2 Å². The van der Waals surface area contributed by atoms with Crippen LogP contribution >= 0.6 is 0 Å². The number of aromatic nitrogens is 1. The van der Waals surface area contributed by atoms with Crippen molar-refractivity contribution in [2.24, 2.45) is 0 Å². The van der Waals surface area contributed by atoms with Crippen molar-refractivity contribution >= 4 is 17.5 Å². The lowest BCUT2D eigenvalue weighted by Crippen LogP contribution is -2.27. The molecule has 1 aromatic heterocycles. The first-order valence-corrected chi connectivity index (χ1v) is 6.26. The molecular formula is C14H16FN3O3. The molecule has 0 atom stereocenters. The van der Waals surface area contributed by atoms with Crippen molar-refractivity contribution in [2.45, 2.75) is 26.4 Å². The summed E-state index contributed by atoms with van der Waals surface area (Å²) in [5.74, 6) is -0.423. The zero-order valence-electron chi connectivity index (χ0n) is 11.9. The van der Waals surface area contributed by atoms with Crippen LogP contribution in [-0.4, -0.2) is 16.9 Å². The molecule has 2 aromatic rings. The lowest BCUT2D eigenvalue weighted by atomic mass is 10.1. The Morgan fingerprint density at radius 1 is 1.43 bits per heavy atom. The van der Waals surface area contributed by atoms with Crippen LogP contribution in [0.15, 0.2) is 28.9 Å². The number of hydrogen-bond acceptors (Lipinski definition) is 5. The highest BCUT2D eigenvalue weighted by atomic mass is 19.1. The molecule has 0 unspecified atom stereocenters. The van der Waals surface area contributed by atoms with Gasteiger partial charge in [-0.1, -0.05) is 5.16 Å². The Kier molecular flexibility index (Phi) is 3.84. The van der Waals surface area contributed by atoms with Gasteiger partial charge in [0.1, 0.15) is 17.1 Å². The van der Waals surface area contributed by atoms with Gasteiger partial charge in [0.25, 0.3) is 0 Å². The van der Waals surface area contributed by atoms with Crippen LogP contribution in [0, 0.1) is 5.82 Å². The van der Waals surface area contributed by atoms with Crippen molar-refractivity contribution < 1.29 is 18.4 Å². The van der Waals surface area contributed by atoms with Gasteiger partial charge < -0.3 is 15.0 Å². The molecule has 0 saturated heterocycles. The fourth-order valence-electron chi connectivity index (χ4n) is 1.65. The summed E-state index contributed by atoms with van der Waals surface area (Å²) in [5, 5.41) is 6.02. The maximum Gasteiger partial charge on any atom is 0.412 e. The van der Waals surface area contributed by atoms with Crippen LogP contribution in [0.3, 0.4) is 0 Å². The molecule has 0 aliphatic heterocycles. The molecule has 0 aliphatic carbocycles. The van der Waals surface area contributed by atoms with Crippen molar-refractivity contribution in [1.82, 2.24) is 5.16 Å². The van der Waals surface area contributed by atoms with E-state index in [0.29, 0.717) is 5.69 Å². The van der Waals surface area contributed by atoms with E-state index in [4.69, 9.17) is 15.0 Å². The summed E-state index contributed by atoms with van der Waals surface area (Å²) in [6.07, 6.45) is 0.647. The number of nitrogens with two attached hydrogens (primary N) is 1. The molecule has 0 fully saturated rings. The second-order valence-electron chi connectivity index (χ2n) is 5.43. The van der Waals surface area contributed by atoms with Crippen LogP contribution < -0.4 is 11.1 Å². The number of halogens is 1. The fourth-order valence-corrected chi connectivity index (χ4v) is 1.65. The summed E-state index contributed by atoms with van der Waals surface area (Å²) < 4.78 is 23.9. The van der Waals surface area contributed by atoms with Gasteiger partial charge in [0.2, 0.25) is 0 Å². The van der Waals surface area contributed by atoms with Gasteiger partial charge in [-0.3, -0.25) is 5.32 Å². The van der Waals surface area contributed by atoms with Gasteiger partial charge in [-0.15, -0.1) is 0 Å². The van der Waals surface area contributed by atoms with Gasteiger partial charge in [0.05, 0.1) is 11.8 Å². The Balaban J connectivity index is 2.24. The third-order valence-corrected chi connectivity index (χ3v) is 2.45. The molecule has 2 rings (SSSR count). The number of carbonyl (C=O) groups is 1. The zero-order chi connectivity index (χ0) is 15.6. The summed E-state index contributed by atoms with van der Waals surface area (Å²) in [6.45, 7) is 5.24. The number of amides is 1. The molecule has 0 bridgehead atoms. The topological polar surface area (TPSA) is 90.4 Å². The van der Waals surface area contributed by atoms with Crippen LogP contribution in [0.25, 0.3) is 11.3 Å². The minimum atomic E-state index is -0.634. The second-order valence-corrected chi connectivity index (χ2v) is 5.43. The number of hydrogen-bond donors (Lipinski definition) is 2. The molecule has 6 nitrogen and oxygen atoms in total. The molecule has 1 heterocycles. The Bertz CT molecular complexity index is 662. The monoisotopic (exact) mass is 293 g/mol. The average molecular weight is 293 g/mol. The molecule has 0 radical (unpaired) electrons. The van der Waals surface area contributed by atoms with Gasteiger partial charge in [-0.05, 0) is 39.0 Å². The fraction of sp³-hybridized carbons (Fsp3) is 0.286. The summed E-state index contributed by atoms with van der Waals surface area (Å²) in [4.78, 5) is 11.7. The summed E-state index contributed by atoms with van der Waals surface area (Å²) >= 11 is 0. The number of nitrogens with zero attached hydrogens (tertiary/aromatic N) is 1. The molecule has 0 aliphatic rings. The van der Waals surface area contributed by atoms with E-state index in [1.54, 1.807) is 20.8 Å². The van der Waals surface area contributed by atoms with Crippen LogP contribution in [0.5, 0.6) is 0 Å². The van der Waals surface area contributed by atoms with E-state index < -0.39 is 17.5 Å². The standard InChI is InChI=1S/C14H16FN3O3/c1-14(2,3)20-13(19)18-8-4-5-10(15)9(6-8)12-11(16)7-17-21-12/h4-7H,16H2,1-3H3,(H,18,19). The molecule has 0 spiro atoms. The Morgan fingerprint density at radius 3 is 2.71 bits per heavy atom. The quantitative estimate of drug-likeness (QED) is 0.885. The SMILES string of the molecule is CC(C)(C)OC(=O)Nc1ccc(F)c(-c2oncc2N)c1. The maximum atomic E-state index is 13.8. The Labute approximate surface area is 121 Å². The molecule has 0 saturated carbocycles. The Hall–Kier alpha value is -2.57. The maximum absolute atomic E-state index is 13.8. The van der Waals surface area contributed by atoms with Crippen molar-refractivity contribution in [1.29, 1.82) is 0 Å². The third-order valence-electron chi connectivity index (χ3n) is 2.45. The number of nitrogen functional groups attached to an aromatic ring is 1. The predicted octanol–water partition coefficient (Wildman–Crippen LogP) is 3.41. The third kappa shape index (κ3) is 3.71. The highest BCUT2D eigenvalue weighted by molar-refractivity contribution is 5.86. The molecule has 1 amide bonds. The summed E-state index contributed by atoms with van der Waals surface area (Å²) in [6, 6.07) is 4.01. The first-order chi connectivity index (χ1) is 9.76. The van der Waals surface area contributed by atoms with Gasteiger partial charge in [-0.2, -0.15) is 0 Å². The minimum Gasteiger partial charge on any atom is -0.444 e. The van der Waals surface area contributed by atoms with Crippen LogP contribution in [-0.2, 0) is 4.74 Å². The van der Waals surface area contributed by atoms with E-state index in [-0.39, 0.29) is 17.0 Å². The molecule has 7 heteroatoms. The highest BCUT2D eigenvalue weighted by Crippen LogP contribution is 2.30. The van der Waals surface area contributed by atoms with E-state index in [9.17, 15) is 9.18 Å². The lowest BCUT2D eigenvalue weighted by Gasteiger charge is -2.19. The zero-order valence-corrected chi connectivity index (χ0v) is 11.9. The van der Waals surface area contributed by atoms with E-state index >= 15 is 0 Å². The van der Waals surface area contributed by atoms with Crippen molar-refractivity contribution in [3.8, 4) is 11.3 Å². The number of rotatable bonds is 2. The van der Waals surface area contributed by atoms with E-state index in [1.807, 2.05) is 0 Å². The number of anilines is 2. The van der Waals surface area contributed by atoms with E-state index in [2.05, 4.69) is 10.5 Å². The van der Waals surface area contributed by atoms with Crippen LogP contribution in [0.1, 0.15) is 20.8 Å². The minimum absolute atomic E-state index is 0.110. The van der Waals surface area contributed by atoms with Gasteiger partial charge in [0, 0.05) is 5.69 Å². The smallest absolute Gasteiger partial charge is 0.412 e. The van der Waals surface area contributed by atoms with Gasteiger partial charge in [0.15, 0.2) is 5.76 Å². The highest BCUT2D eigenvalue weighted by Gasteiger charge is 2.18. The average Bonchev–Trinajstić information content (AvgIpc) is 2.75. The largest absolute Gasteiger partial charge is 0.444 e. The first-order valence-electron chi connectivity index (χ1n) is 6.26. The Morgan fingerprint density at radius 2 is 2.14 bits per heavy atom. The van der Waals surface area contributed by atoms with Gasteiger partial charge in [-0.25, -0.2) is 9.18 Å². The van der Waals surface area contributed by atoms with Gasteiger partial charge >= 0.3 is 6.09 Å². The van der Waals surface area contributed by atoms with E-state index in [1.165, 1.54) is 24.4 Å². The lowest BCUT2D eigenvalue weighted by molar-refractivity contribution is 0.0636. The predicted molar refractivity (Wildman–Crippen MR) is 76.2 cm³/mol.